The number of benzene rings is 1. The molecule has 1 atom stereocenters. The molecule has 10 heteroatoms. The first-order chi connectivity index (χ1) is 20.4. The number of carbonyl (C=O) groups excluding carboxylic acids is 3. The molecule has 1 aliphatic carbocycles. The summed E-state index contributed by atoms with van der Waals surface area (Å²) in [4.78, 5) is 44.6. The molecule has 0 spiro atoms. The Bertz CT molecular complexity index is 1050. The fourth-order valence-electron chi connectivity index (χ4n) is 6.43. The molecule has 1 aromatic carbocycles. The third-order valence-corrected chi connectivity index (χ3v) is 9.37. The molecule has 1 saturated carbocycles. The topological polar surface area (TPSA) is 108 Å². The molecule has 4 rings (SSSR count). The van der Waals surface area contributed by atoms with E-state index in [2.05, 4.69) is 17.1 Å². The summed E-state index contributed by atoms with van der Waals surface area (Å²) in [6.45, 7) is 6.04. The van der Waals surface area contributed by atoms with Crippen LogP contribution in [0.1, 0.15) is 90.4 Å². The fraction of sp³-hybridized carbons (Fsp3) is 0.688. The third-order valence-electron chi connectivity index (χ3n) is 8.94. The molecule has 3 N–H and O–H groups in total. The highest BCUT2D eigenvalue weighted by atomic mass is 32.1. The predicted molar refractivity (Wildman–Crippen MR) is 169 cm³/mol. The zero-order valence-corrected chi connectivity index (χ0v) is 26.0. The van der Waals surface area contributed by atoms with E-state index in [-0.39, 0.29) is 36.1 Å². The summed E-state index contributed by atoms with van der Waals surface area (Å²) < 4.78 is 5.82. The normalized spacial score (nSPS) is 20.7. The van der Waals surface area contributed by atoms with Crippen molar-refractivity contribution >= 4 is 40.7 Å². The van der Waals surface area contributed by atoms with E-state index in [1.165, 1.54) is 25.7 Å². The molecule has 0 bridgehead atoms. The van der Waals surface area contributed by atoms with Crippen molar-refractivity contribution in [3.05, 3.63) is 24.3 Å². The van der Waals surface area contributed by atoms with Gasteiger partial charge in [0.2, 0.25) is 11.8 Å². The van der Waals surface area contributed by atoms with Gasteiger partial charge >= 0.3 is 0 Å². The quantitative estimate of drug-likeness (QED) is 0.222. The second-order valence-corrected chi connectivity index (χ2v) is 12.4. The van der Waals surface area contributed by atoms with Crippen LogP contribution in [0.15, 0.2) is 24.3 Å². The molecule has 2 aliphatic heterocycles. The molecule has 232 valence electrons. The number of nitrogens with zero attached hydrogens (tertiary/aromatic N) is 3. The van der Waals surface area contributed by atoms with Gasteiger partial charge in [-0.05, 0) is 94.6 Å². The Labute approximate surface area is 256 Å². The van der Waals surface area contributed by atoms with E-state index in [1.807, 2.05) is 34.1 Å². The number of thiocarbonyl (C=S) groups is 1. The molecule has 1 aromatic rings. The molecule has 2 heterocycles. The first-order valence-corrected chi connectivity index (χ1v) is 16.5. The Morgan fingerprint density at radius 3 is 2.36 bits per heavy atom. The Balaban J connectivity index is 1.33. The van der Waals surface area contributed by atoms with Crippen LogP contribution in [0.4, 0.5) is 5.69 Å². The van der Waals surface area contributed by atoms with E-state index in [9.17, 15) is 14.4 Å². The molecule has 2 saturated heterocycles. The zero-order valence-electron chi connectivity index (χ0n) is 25.2. The number of hydrogen-bond acceptors (Lipinski definition) is 6. The fourth-order valence-corrected chi connectivity index (χ4v) is 6.89. The van der Waals surface area contributed by atoms with Crippen molar-refractivity contribution in [2.24, 2.45) is 11.7 Å². The maximum Gasteiger partial charge on any atom is 0.252 e. The van der Waals surface area contributed by atoms with Gasteiger partial charge in [0.1, 0.15) is 11.8 Å². The number of hydrogen-bond donors (Lipinski definition) is 2. The van der Waals surface area contributed by atoms with E-state index < -0.39 is 6.04 Å². The molecule has 1 unspecified atom stereocenters. The number of ether oxygens (including phenoxy) is 1. The Morgan fingerprint density at radius 2 is 1.69 bits per heavy atom. The lowest BCUT2D eigenvalue weighted by molar-refractivity contribution is -0.132. The highest BCUT2D eigenvalue weighted by Crippen LogP contribution is 2.31. The minimum Gasteiger partial charge on any atom is -0.494 e. The number of anilines is 1. The van der Waals surface area contributed by atoms with Crippen LogP contribution in [-0.4, -0.2) is 82.4 Å². The first-order valence-electron chi connectivity index (χ1n) is 16.1. The minimum atomic E-state index is -0.592. The molecule has 9 nitrogen and oxygen atoms in total. The maximum absolute atomic E-state index is 13.7. The number of amides is 3. The van der Waals surface area contributed by atoms with E-state index in [1.54, 1.807) is 0 Å². The molecular weight excluding hydrogens is 550 g/mol. The minimum absolute atomic E-state index is 0.0312. The lowest BCUT2D eigenvalue weighted by Crippen LogP contribution is -2.42. The number of nitrogens with one attached hydrogen (secondary N) is 1. The third kappa shape index (κ3) is 8.89. The van der Waals surface area contributed by atoms with E-state index in [0.29, 0.717) is 24.0 Å². The van der Waals surface area contributed by atoms with Crippen LogP contribution in [0.2, 0.25) is 0 Å². The van der Waals surface area contributed by atoms with Gasteiger partial charge in [-0.15, -0.1) is 0 Å². The second kappa shape index (κ2) is 16.2. The average Bonchev–Trinajstić information content (AvgIpc) is 3.22. The van der Waals surface area contributed by atoms with Crippen molar-refractivity contribution in [1.29, 1.82) is 0 Å². The van der Waals surface area contributed by atoms with Crippen molar-refractivity contribution in [3.63, 3.8) is 0 Å². The van der Waals surface area contributed by atoms with Crippen LogP contribution in [-0.2, 0) is 14.4 Å². The number of likely N-dealkylation sites (tertiary alicyclic amines) is 1. The number of rotatable bonds is 15. The second-order valence-electron chi connectivity index (χ2n) is 12.0. The summed E-state index contributed by atoms with van der Waals surface area (Å²) in [6.07, 6.45) is 12.4. The molecule has 3 fully saturated rings. The number of unbranched alkanes of at least 4 members (excludes halogenated alkanes) is 3. The van der Waals surface area contributed by atoms with Gasteiger partial charge in [0, 0.05) is 24.2 Å². The lowest BCUT2D eigenvalue weighted by atomic mass is 9.94. The van der Waals surface area contributed by atoms with Gasteiger partial charge in [-0.1, -0.05) is 45.4 Å². The van der Waals surface area contributed by atoms with Gasteiger partial charge in [0.25, 0.3) is 5.91 Å². The standard InChI is InChI=1S/C32H49N5O4S/c1-2-3-4-8-22-41-27-14-12-25(13-15-27)34-29(38)23-28-31(40)37(26-10-6-5-7-11-26)32(42)36(28)19-9-18-35-20-16-24(17-21-35)30(33)39/h12-15,24,26,28H,2-11,16-23H2,1H3,(H2,33,39)(H,34,38). The first kappa shape index (κ1) is 32.2. The predicted octanol–water partition coefficient (Wildman–Crippen LogP) is 4.69. The van der Waals surface area contributed by atoms with E-state index in [0.717, 1.165) is 76.8 Å². The van der Waals surface area contributed by atoms with Gasteiger partial charge in [0.05, 0.1) is 13.0 Å². The van der Waals surface area contributed by atoms with Crippen LogP contribution in [0.3, 0.4) is 0 Å². The molecule has 42 heavy (non-hydrogen) atoms. The molecule has 3 aliphatic rings. The number of nitrogens with two attached hydrogens (primary N) is 1. The zero-order chi connectivity index (χ0) is 29.9. The van der Waals surface area contributed by atoms with Gasteiger partial charge in [0.15, 0.2) is 5.11 Å². The molecule has 0 radical (unpaired) electrons. The summed E-state index contributed by atoms with van der Waals surface area (Å²) in [7, 11) is 0. The van der Waals surface area contributed by atoms with Crippen LogP contribution >= 0.6 is 12.2 Å². The maximum atomic E-state index is 13.7. The van der Waals surface area contributed by atoms with Gasteiger partial charge < -0.3 is 25.6 Å². The van der Waals surface area contributed by atoms with Crippen molar-refractivity contribution in [1.82, 2.24) is 14.7 Å². The monoisotopic (exact) mass is 599 g/mol. The molecular formula is C32H49N5O4S. The van der Waals surface area contributed by atoms with Crippen LogP contribution < -0.4 is 15.8 Å². The van der Waals surface area contributed by atoms with Gasteiger partial charge in [-0.2, -0.15) is 0 Å². The number of carbonyl (C=O) groups is 3. The average molecular weight is 600 g/mol. The van der Waals surface area contributed by atoms with Gasteiger partial charge in [-0.25, -0.2) is 0 Å². The summed E-state index contributed by atoms with van der Waals surface area (Å²) in [5.41, 5.74) is 6.17. The van der Waals surface area contributed by atoms with Crippen LogP contribution in [0.5, 0.6) is 5.75 Å². The largest absolute Gasteiger partial charge is 0.494 e. The van der Waals surface area contributed by atoms with E-state index in [4.69, 9.17) is 22.7 Å². The van der Waals surface area contributed by atoms with Crippen molar-refractivity contribution < 1.29 is 19.1 Å². The number of piperidine rings is 1. The van der Waals surface area contributed by atoms with Crippen molar-refractivity contribution in [2.75, 3.05) is 38.1 Å². The lowest BCUT2D eigenvalue weighted by Gasteiger charge is -2.32. The molecule has 3 amide bonds. The van der Waals surface area contributed by atoms with Gasteiger partial charge in [-0.3, -0.25) is 19.3 Å². The Kier molecular flexibility index (Phi) is 12.4. The summed E-state index contributed by atoms with van der Waals surface area (Å²) in [5, 5.41) is 3.54. The summed E-state index contributed by atoms with van der Waals surface area (Å²) in [5.74, 6) is 0.302. The SMILES string of the molecule is CCCCCCOc1ccc(NC(=O)CC2C(=O)N(C3CCCCC3)C(=S)N2CCCN2CCC(C(N)=O)CC2)cc1. The highest BCUT2D eigenvalue weighted by Gasteiger charge is 2.46. The van der Waals surface area contributed by atoms with Crippen molar-refractivity contribution in [3.8, 4) is 5.75 Å². The van der Waals surface area contributed by atoms with E-state index >= 15 is 0 Å². The Hall–Kier alpha value is -2.72. The molecule has 0 aromatic heterocycles. The summed E-state index contributed by atoms with van der Waals surface area (Å²) in [6, 6.07) is 6.95. The highest BCUT2D eigenvalue weighted by molar-refractivity contribution is 7.80. The Morgan fingerprint density at radius 1 is 0.976 bits per heavy atom. The summed E-state index contributed by atoms with van der Waals surface area (Å²) >= 11 is 5.89. The van der Waals surface area contributed by atoms with Crippen LogP contribution in [0.25, 0.3) is 0 Å². The number of primary amides is 1. The smallest absolute Gasteiger partial charge is 0.252 e. The van der Waals surface area contributed by atoms with Crippen molar-refractivity contribution in [2.45, 2.75) is 102 Å². The van der Waals surface area contributed by atoms with Crippen LogP contribution in [0, 0.1) is 5.92 Å².